The van der Waals surface area contributed by atoms with Crippen molar-refractivity contribution in [3.8, 4) is 0 Å². The molecule has 2 aromatic rings. The van der Waals surface area contributed by atoms with Crippen molar-refractivity contribution < 1.29 is 4.39 Å². The maximum Gasteiger partial charge on any atom is 0.123 e. The summed E-state index contributed by atoms with van der Waals surface area (Å²) in [6.07, 6.45) is 0.625. The maximum absolute atomic E-state index is 13.1. The van der Waals surface area contributed by atoms with Gasteiger partial charge in [-0.05, 0) is 42.7 Å². The molecule has 0 aliphatic rings. The highest BCUT2D eigenvalue weighted by atomic mass is 79.9. The van der Waals surface area contributed by atoms with E-state index in [-0.39, 0.29) is 11.9 Å². The first-order valence-corrected chi connectivity index (χ1v) is 6.61. The van der Waals surface area contributed by atoms with Gasteiger partial charge < -0.3 is 5.73 Å². The van der Waals surface area contributed by atoms with Crippen LogP contribution in [0.3, 0.4) is 0 Å². The normalized spacial score (nSPS) is 12.4. The molecule has 0 aliphatic carbocycles. The first-order valence-electron chi connectivity index (χ1n) is 5.82. The monoisotopic (exact) mass is 307 g/mol. The lowest BCUT2D eigenvalue weighted by molar-refractivity contribution is 0.622. The number of hydrogen-bond acceptors (Lipinski definition) is 1. The van der Waals surface area contributed by atoms with Crippen LogP contribution >= 0.6 is 15.9 Å². The number of hydrogen-bond donors (Lipinski definition) is 1. The van der Waals surface area contributed by atoms with E-state index in [1.165, 1.54) is 17.7 Å². The van der Waals surface area contributed by atoms with Gasteiger partial charge in [0, 0.05) is 10.5 Å². The number of aryl methyl sites for hydroxylation is 1. The van der Waals surface area contributed by atoms with Gasteiger partial charge in [0.05, 0.1) is 0 Å². The zero-order chi connectivity index (χ0) is 13.1. The van der Waals surface area contributed by atoms with Crippen molar-refractivity contribution in [1.29, 1.82) is 0 Å². The van der Waals surface area contributed by atoms with E-state index in [2.05, 4.69) is 22.0 Å². The highest BCUT2D eigenvalue weighted by molar-refractivity contribution is 9.10. The van der Waals surface area contributed by atoms with Gasteiger partial charge in [0.2, 0.25) is 0 Å². The Balaban J connectivity index is 2.21. The molecule has 2 rings (SSSR count). The van der Waals surface area contributed by atoms with Crippen molar-refractivity contribution in [3.63, 3.8) is 0 Å². The van der Waals surface area contributed by atoms with E-state index in [0.717, 1.165) is 15.6 Å². The van der Waals surface area contributed by atoms with Crippen LogP contribution in [0.15, 0.2) is 46.9 Å². The fourth-order valence-electron chi connectivity index (χ4n) is 1.98. The lowest BCUT2D eigenvalue weighted by atomic mass is 9.98. The van der Waals surface area contributed by atoms with Gasteiger partial charge in [-0.1, -0.05) is 45.8 Å². The lowest BCUT2D eigenvalue weighted by Crippen LogP contribution is -2.14. The quantitative estimate of drug-likeness (QED) is 0.906. The Morgan fingerprint density at radius 3 is 2.72 bits per heavy atom. The van der Waals surface area contributed by atoms with E-state index < -0.39 is 0 Å². The van der Waals surface area contributed by atoms with Crippen molar-refractivity contribution in [2.24, 2.45) is 5.73 Å². The Bertz CT molecular complexity index is 554. The third-order valence-corrected chi connectivity index (χ3v) is 3.62. The molecule has 18 heavy (non-hydrogen) atoms. The Kier molecular flexibility index (Phi) is 4.15. The minimum absolute atomic E-state index is 0.138. The van der Waals surface area contributed by atoms with Crippen LogP contribution in [0.4, 0.5) is 4.39 Å². The average molecular weight is 308 g/mol. The van der Waals surface area contributed by atoms with Crippen LogP contribution < -0.4 is 5.73 Å². The molecule has 0 saturated carbocycles. The lowest BCUT2D eigenvalue weighted by Gasteiger charge is -2.15. The van der Waals surface area contributed by atoms with Crippen LogP contribution in [0.2, 0.25) is 0 Å². The van der Waals surface area contributed by atoms with Crippen LogP contribution in [0.1, 0.15) is 22.7 Å². The molecular weight excluding hydrogens is 293 g/mol. The molecule has 1 nitrogen and oxygen atoms in total. The highest BCUT2D eigenvalue weighted by Crippen LogP contribution is 2.25. The third kappa shape index (κ3) is 3.18. The fourth-order valence-corrected chi connectivity index (χ4v) is 2.52. The molecule has 0 amide bonds. The summed E-state index contributed by atoms with van der Waals surface area (Å²) < 4.78 is 14.1. The molecule has 0 radical (unpaired) electrons. The summed E-state index contributed by atoms with van der Waals surface area (Å²) in [6.45, 7) is 2.03. The van der Waals surface area contributed by atoms with Gasteiger partial charge >= 0.3 is 0 Å². The van der Waals surface area contributed by atoms with Gasteiger partial charge in [-0.15, -0.1) is 0 Å². The number of benzene rings is 2. The molecule has 0 saturated heterocycles. The third-order valence-electron chi connectivity index (χ3n) is 2.90. The molecule has 3 heteroatoms. The molecule has 0 fully saturated rings. The molecule has 0 bridgehead atoms. The van der Waals surface area contributed by atoms with Crippen LogP contribution in [0.5, 0.6) is 0 Å². The van der Waals surface area contributed by atoms with Crippen molar-refractivity contribution in [3.05, 3.63) is 69.4 Å². The SMILES string of the molecule is Cc1ccc(Br)c(C(N)Cc2cccc(F)c2)c1. The molecule has 94 valence electrons. The van der Waals surface area contributed by atoms with Crippen LogP contribution in [-0.4, -0.2) is 0 Å². The Morgan fingerprint density at radius 2 is 2.00 bits per heavy atom. The number of halogens is 2. The summed E-state index contributed by atoms with van der Waals surface area (Å²) in [5, 5.41) is 0. The predicted octanol–water partition coefficient (Wildman–Crippen LogP) is 4.14. The summed E-state index contributed by atoms with van der Waals surface area (Å²) in [5.74, 6) is -0.219. The highest BCUT2D eigenvalue weighted by Gasteiger charge is 2.11. The van der Waals surface area contributed by atoms with E-state index in [1.54, 1.807) is 6.07 Å². The molecule has 1 atom stereocenters. The summed E-state index contributed by atoms with van der Waals surface area (Å²) in [5.41, 5.74) is 9.33. The Hall–Kier alpha value is -1.19. The smallest absolute Gasteiger partial charge is 0.123 e. The summed E-state index contributed by atoms with van der Waals surface area (Å²) in [7, 11) is 0. The second kappa shape index (κ2) is 5.63. The zero-order valence-electron chi connectivity index (χ0n) is 10.2. The van der Waals surface area contributed by atoms with E-state index >= 15 is 0 Å². The molecular formula is C15H15BrFN. The first-order chi connectivity index (χ1) is 8.56. The summed E-state index contributed by atoms with van der Waals surface area (Å²) in [6, 6.07) is 12.5. The molecule has 1 unspecified atom stereocenters. The Morgan fingerprint density at radius 1 is 1.22 bits per heavy atom. The van der Waals surface area contributed by atoms with Gasteiger partial charge in [-0.2, -0.15) is 0 Å². The fraction of sp³-hybridized carbons (Fsp3) is 0.200. The van der Waals surface area contributed by atoms with Crippen molar-refractivity contribution in [2.75, 3.05) is 0 Å². The molecule has 0 aliphatic heterocycles. The van der Waals surface area contributed by atoms with Gasteiger partial charge in [0.15, 0.2) is 0 Å². The van der Waals surface area contributed by atoms with E-state index in [0.29, 0.717) is 6.42 Å². The van der Waals surface area contributed by atoms with Crippen LogP contribution in [-0.2, 0) is 6.42 Å². The largest absolute Gasteiger partial charge is 0.324 e. The van der Waals surface area contributed by atoms with Gasteiger partial charge in [-0.25, -0.2) is 4.39 Å². The molecule has 0 spiro atoms. The molecule has 0 heterocycles. The first kappa shape index (κ1) is 13.2. The summed E-state index contributed by atoms with van der Waals surface area (Å²) in [4.78, 5) is 0. The standard InChI is InChI=1S/C15H15BrFN/c1-10-5-6-14(16)13(7-10)15(18)9-11-3-2-4-12(17)8-11/h2-8,15H,9,18H2,1H3. The second-order valence-corrected chi connectivity index (χ2v) is 5.32. The van der Waals surface area contributed by atoms with Crippen molar-refractivity contribution in [1.82, 2.24) is 0 Å². The van der Waals surface area contributed by atoms with Gasteiger partial charge in [-0.3, -0.25) is 0 Å². The topological polar surface area (TPSA) is 26.0 Å². The average Bonchev–Trinajstić information content (AvgIpc) is 2.32. The zero-order valence-corrected chi connectivity index (χ0v) is 11.7. The molecule has 2 aromatic carbocycles. The van der Waals surface area contributed by atoms with E-state index in [9.17, 15) is 4.39 Å². The van der Waals surface area contributed by atoms with E-state index in [1.807, 2.05) is 25.1 Å². The van der Waals surface area contributed by atoms with Gasteiger partial charge in [0.1, 0.15) is 5.82 Å². The minimum atomic E-state index is -0.219. The molecule has 0 aromatic heterocycles. The summed E-state index contributed by atoms with van der Waals surface area (Å²) >= 11 is 3.50. The second-order valence-electron chi connectivity index (χ2n) is 4.47. The predicted molar refractivity (Wildman–Crippen MR) is 75.9 cm³/mol. The van der Waals surface area contributed by atoms with Crippen LogP contribution in [0, 0.1) is 12.7 Å². The number of rotatable bonds is 3. The van der Waals surface area contributed by atoms with Crippen molar-refractivity contribution >= 4 is 15.9 Å². The van der Waals surface area contributed by atoms with Crippen LogP contribution in [0.25, 0.3) is 0 Å². The van der Waals surface area contributed by atoms with Gasteiger partial charge in [0.25, 0.3) is 0 Å². The van der Waals surface area contributed by atoms with E-state index in [4.69, 9.17) is 5.73 Å². The minimum Gasteiger partial charge on any atom is -0.324 e. The number of nitrogens with two attached hydrogens (primary N) is 1. The van der Waals surface area contributed by atoms with Crippen molar-refractivity contribution in [2.45, 2.75) is 19.4 Å². The molecule has 2 N–H and O–H groups in total. The maximum atomic E-state index is 13.1. The Labute approximate surface area is 115 Å².